The maximum Gasteiger partial charge on any atom is 0.226 e. The van der Waals surface area contributed by atoms with Gasteiger partial charge < -0.3 is 4.90 Å². The summed E-state index contributed by atoms with van der Waals surface area (Å²) in [5.41, 5.74) is 1.27. The zero-order valence-corrected chi connectivity index (χ0v) is 11.2. The summed E-state index contributed by atoms with van der Waals surface area (Å²) in [6, 6.07) is 10.2. The minimum absolute atomic E-state index is 0.00613. The zero-order chi connectivity index (χ0) is 13.4. The molecule has 1 amide bonds. The first kappa shape index (κ1) is 12.4. The normalized spacial score (nSPS) is 30.3. The second-order valence-corrected chi connectivity index (χ2v) is 5.76. The van der Waals surface area contributed by atoms with Crippen LogP contribution in [0.2, 0.25) is 0 Å². The average Bonchev–Trinajstić information content (AvgIpc) is 3.22. The number of carbonyl (C=O) groups is 2. The Kier molecular flexibility index (Phi) is 3.13. The molecule has 3 rings (SSSR count). The predicted octanol–water partition coefficient (Wildman–Crippen LogP) is 2.23. The molecule has 3 unspecified atom stereocenters. The molecule has 1 aliphatic heterocycles. The fraction of sp³-hybridized carbons (Fsp3) is 0.500. The first-order valence-corrected chi connectivity index (χ1v) is 7.03. The molecule has 2 fully saturated rings. The Morgan fingerprint density at radius 2 is 2.00 bits per heavy atom. The van der Waals surface area contributed by atoms with E-state index in [1.54, 1.807) is 0 Å². The van der Waals surface area contributed by atoms with Crippen LogP contribution in [0, 0.1) is 11.8 Å². The van der Waals surface area contributed by atoms with E-state index in [0.717, 1.165) is 6.42 Å². The van der Waals surface area contributed by atoms with Gasteiger partial charge in [-0.1, -0.05) is 37.3 Å². The number of rotatable bonds is 2. The lowest BCUT2D eigenvalue weighted by Crippen LogP contribution is -2.44. The standard InChI is InChI=1S/C16H19NO2/c1-11-10-17(8-7-15(11)18)16(19)14-9-13(14)12-5-3-2-4-6-12/h2-6,11,13-14H,7-10H2,1H3. The Morgan fingerprint density at radius 3 is 2.68 bits per heavy atom. The maximum atomic E-state index is 12.4. The quantitative estimate of drug-likeness (QED) is 0.814. The number of Topliss-reactive ketones (excluding diaryl/α,β-unsaturated/α-hetero) is 1. The number of hydrogen-bond donors (Lipinski definition) is 0. The van der Waals surface area contributed by atoms with Crippen molar-refractivity contribution in [3.63, 3.8) is 0 Å². The highest BCUT2D eigenvalue weighted by atomic mass is 16.2. The second-order valence-electron chi connectivity index (χ2n) is 5.76. The summed E-state index contributed by atoms with van der Waals surface area (Å²) in [6.45, 7) is 3.14. The molecule has 0 aromatic heterocycles. The monoisotopic (exact) mass is 257 g/mol. The van der Waals surface area contributed by atoms with Crippen LogP contribution in [0.25, 0.3) is 0 Å². The number of nitrogens with zero attached hydrogens (tertiary/aromatic N) is 1. The van der Waals surface area contributed by atoms with Gasteiger partial charge in [0.05, 0.1) is 0 Å². The Bertz CT molecular complexity index is 497. The number of benzene rings is 1. The molecule has 1 aromatic rings. The molecule has 1 aromatic carbocycles. The molecule has 0 N–H and O–H groups in total. The van der Waals surface area contributed by atoms with Crippen LogP contribution < -0.4 is 0 Å². The van der Waals surface area contributed by atoms with E-state index >= 15 is 0 Å². The Hall–Kier alpha value is -1.64. The molecule has 19 heavy (non-hydrogen) atoms. The molecule has 0 spiro atoms. The van der Waals surface area contributed by atoms with Gasteiger partial charge in [0, 0.05) is 31.3 Å². The Morgan fingerprint density at radius 1 is 1.26 bits per heavy atom. The molecular formula is C16H19NO2. The van der Waals surface area contributed by atoms with Crippen molar-refractivity contribution in [2.75, 3.05) is 13.1 Å². The van der Waals surface area contributed by atoms with Crippen LogP contribution in [0.1, 0.15) is 31.2 Å². The number of carbonyl (C=O) groups excluding carboxylic acids is 2. The van der Waals surface area contributed by atoms with Crippen molar-refractivity contribution in [3.8, 4) is 0 Å². The van der Waals surface area contributed by atoms with Gasteiger partial charge in [0.2, 0.25) is 5.91 Å². The largest absolute Gasteiger partial charge is 0.341 e. The highest BCUT2D eigenvalue weighted by Gasteiger charge is 2.46. The van der Waals surface area contributed by atoms with Crippen LogP contribution in [0.15, 0.2) is 30.3 Å². The highest BCUT2D eigenvalue weighted by molar-refractivity contribution is 5.87. The van der Waals surface area contributed by atoms with Gasteiger partial charge in [0.25, 0.3) is 0 Å². The van der Waals surface area contributed by atoms with Gasteiger partial charge >= 0.3 is 0 Å². The van der Waals surface area contributed by atoms with E-state index in [1.807, 2.05) is 30.0 Å². The summed E-state index contributed by atoms with van der Waals surface area (Å²) < 4.78 is 0. The fourth-order valence-corrected chi connectivity index (χ4v) is 2.99. The second kappa shape index (κ2) is 4.80. The van der Waals surface area contributed by atoms with Crippen LogP contribution >= 0.6 is 0 Å². The zero-order valence-electron chi connectivity index (χ0n) is 11.2. The Balaban J connectivity index is 1.63. The molecule has 0 bridgehead atoms. The van der Waals surface area contributed by atoms with Gasteiger partial charge in [-0.15, -0.1) is 0 Å². The third kappa shape index (κ3) is 2.42. The fourth-order valence-electron chi connectivity index (χ4n) is 2.99. The van der Waals surface area contributed by atoms with Crippen LogP contribution in [-0.2, 0) is 9.59 Å². The smallest absolute Gasteiger partial charge is 0.226 e. The number of amides is 1. The third-order valence-electron chi connectivity index (χ3n) is 4.32. The van der Waals surface area contributed by atoms with Gasteiger partial charge in [-0.3, -0.25) is 9.59 Å². The SMILES string of the molecule is CC1CN(C(=O)C2CC2c2ccccc2)CCC1=O. The number of hydrogen-bond acceptors (Lipinski definition) is 2. The van der Waals surface area contributed by atoms with Crippen LogP contribution in [-0.4, -0.2) is 29.7 Å². The minimum atomic E-state index is 0.00613. The van der Waals surface area contributed by atoms with Crippen molar-refractivity contribution in [2.45, 2.75) is 25.7 Å². The maximum absolute atomic E-state index is 12.4. The number of ketones is 1. The van der Waals surface area contributed by atoms with Crippen molar-refractivity contribution >= 4 is 11.7 Å². The lowest BCUT2D eigenvalue weighted by molar-refractivity contribution is -0.138. The lowest BCUT2D eigenvalue weighted by atomic mass is 9.98. The summed E-state index contributed by atoms with van der Waals surface area (Å²) in [7, 11) is 0. The molecule has 100 valence electrons. The van der Waals surface area contributed by atoms with E-state index in [0.29, 0.717) is 31.2 Å². The van der Waals surface area contributed by atoms with Crippen LogP contribution in [0.4, 0.5) is 0 Å². The minimum Gasteiger partial charge on any atom is -0.341 e. The summed E-state index contributed by atoms with van der Waals surface area (Å²) in [4.78, 5) is 25.8. The molecule has 1 heterocycles. The first-order chi connectivity index (χ1) is 9.16. The molecule has 1 saturated heterocycles. The van der Waals surface area contributed by atoms with Crippen molar-refractivity contribution in [2.24, 2.45) is 11.8 Å². The summed E-state index contributed by atoms with van der Waals surface area (Å²) >= 11 is 0. The first-order valence-electron chi connectivity index (χ1n) is 7.03. The van der Waals surface area contributed by atoms with Gasteiger partial charge in [0.15, 0.2) is 0 Å². The summed E-state index contributed by atoms with van der Waals surface area (Å²) in [5, 5.41) is 0. The molecule has 3 heteroatoms. The van der Waals surface area contributed by atoms with Gasteiger partial charge in [-0.2, -0.15) is 0 Å². The predicted molar refractivity (Wildman–Crippen MR) is 72.7 cm³/mol. The molecular weight excluding hydrogens is 238 g/mol. The third-order valence-corrected chi connectivity index (χ3v) is 4.32. The van der Waals surface area contributed by atoms with E-state index in [-0.39, 0.29) is 17.7 Å². The Labute approximate surface area is 113 Å². The molecule has 1 aliphatic carbocycles. The van der Waals surface area contributed by atoms with Crippen molar-refractivity contribution in [3.05, 3.63) is 35.9 Å². The summed E-state index contributed by atoms with van der Waals surface area (Å²) in [5.74, 6) is 1.07. The molecule has 3 nitrogen and oxygen atoms in total. The van der Waals surface area contributed by atoms with Crippen LogP contribution in [0.5, 0.6) is 0 Å². The summed E-state index contributed by atoms with van der Waals surface area (Å²) in [6.07, 6.45) is 1.48. The number of likely N-dealkylation sites (tertiary alicyclic amines) is 1. The molecule has 3 atom stereocenters. The lowest BCUT2D eigenvalue weighted by Gasteiger charge is -2.30. The van der Waals surface area contributed by atoms with Gasteiger partial charge in [-0.05, 0) is 17.9 Å². The van der Waals surface area contributed by atoms with E-state index < -0.39 is 0 Å². The van der Waals surface area contributed by atoms with E-state index in [1.165, 1.54) is 5.56 Å². The van der Waals surface area contributed by atoms with E-state index in [2.05, 4.69) is 12.1 Å². The van der Waals surface area contributed by atoms with Crippen molar-refractivity contribution in [1.82, 2.24) is 4.90 Å². The van der Waals surface area contributed by atoms with Crippen LogP contribution in [0.3, 0.4) is 0 Å². The van der Waals surface area contributed by atoms with E-state index in [4.69, 9.17) is 0 Å². The van der Waals surface area contributed by atoms with Crippen molar-refractivity contribution in [1.29, 1.82) is 0 Å². The topological polar surface area (TPSA) is 37.4 Å². The van der Waals surface area contributed by atoms with Gasteiger partial charge in [0.1, 0.15) is 5.78 Å². The highest BCUT2D eigenvalue weighted by Crippen LogP contribution is 2.48. The molecule has 1 saturated carbocycles. The molecule has 2 aliphatic rings. The van der Waals surface area contributed by atoms with Gasteiger partial charge in [-0.25, -0.2) is 0 Å². The molecule has 0 radical (unpaired) electrons. The van der Waals surface area contributed by atoms with E-state index in [9.17, 15) is 9.59 Å². The van der Waals surface area contributed by atoms with Crippen molar-refractivity contribution < 1.29 is 9.59 Å². The number of piperidine rings is 1. The average molecular weight is 257 g/mol.